The minimum Gasteiger partial charge on any atom is -0.394 e. The average Bonchev–Trinajstić information content (AvgIpc) is 2.73. The largest absolute Gasteiger partial charge is 0.394 e. The number of rotatable bonds is 4. The van der Waals surface area contributed by atoms with E-state index in [1.54, 1.807) is 0 Å². The Morgan fingerprint density at radius 1 is 1.20 bits per heavy atom. The predicted octanol–water partition coefficient (Wildman–Crippen LogP) is 3.20. The minimum atomic E-state index is -0.0200. The van der Waals surface area contributed by atoms with Gasteiger partial charge in [-0.25, -0.2) is 0 Å². The number of aromatic nitrogens is 1. The molecule has 0 aliphatic rings. The second-order valence-corrected chi connectivity index (χ2v) is 5.33. The molecular weight excluding hydrogens is 250 g/mol. The molecule has 0 bridgehead atoms. The molecule has 0 amide bonds. The fourth-order valence-electron chi connectivity index (χ4n) is 2.74. The van der Waals surface area contributed by atoms with E-state index in [1.807, 2.05) is 62.6 Å². The highest BCUT2D eigenvalue weighted by molar-refractivity contribution is 6.10. The van der Waals surface area contributed by atoms with Gasteiger partial charge in [0.2, 0.25) is 0 Å². The van der Waals surface area contributed by atoms with Crippen molar-refractivity contribution < 1.29 is 9.90 Å². The van der Waals surface area contributed by atoms with Crippen molar-refractivity contribution in [2.75, 3.05) is 6.61 Å². The second kappa shape index (κ2) is 5.63. The van der Waals surface area contributed by atoms with Crippen molar-refractivity contribution >= 4 is 5.78 Å². The maximum Gasteiger partial charge on any atom is 0.195 e. The molecule has 0 fully saturated rings. The first-order chi connectivity index (χ1) is 9.47. The molecule has 0 aliphatic carbocycles. The molecule has 0 radical (unpaired) electrons. The number of ketones is 1. The van der Waals surface area contributed by atoms with E-state index in [-0.39, 0.29) is 18.4 Å². The molecule has 1 heterocycles. The lowest BCUT2D eigenvalue weighted by molar-refractivity contribution is 0.103. The summed E-state index contributed by atoms with van der Waals surface area (Å²) in [6.45, 7) is 7.86. The fraction of sp³-hybridized carbons (Fsp3) is 0.353. The van der Waals surface area contributed by atoms with Crippen LogP contribution in [0, 0.1) is 20.8 Å². The maximum atomic E-state index is 12.7. The standard InChI is InChI=1S/C17H21NO2/c1-11-7-5-6-8-15(11)17(20)16-9-12(2)18(14(16)4)13(3)10-19/h5-9,13,19H,10H2,1-4H3. The van der Waals surface area contributed by atoms with Gasteiger partial charge in [-0.1, -0.05) is 24.3 Å². The number of hydrogen-bond acceptors (Lipinski definition) is 2. The Labute approximate surface area is 119 Å². The van der Waals surface area contributed by atoms with Crippen LogP contribution >= 0.6 is 0 Å². The molecule has 0 spiro atoms. The van der Waals surface area contributed by atoms with Crippen LogP contribution in [0.4, 0.5) is 0 Å². The lowest BCUT2D eigenvalue weighted by atomic mass is 9.99. The van der Waals surface area contributed by atoms with E-state index in [9.17, 15) is 9.90 Å². The van der Waals surface area contributed by atoms with Crippen molar-refractivity contribution in [1.29, 1.82) is 0 Å². The highest BCUT2D eigenvalue weighted by Crippen LogP contribution is 2.23. The summed E-state index contributed by atoms with van der Waals surface area (Å²) in [5.74, 6) is 0.0487. The van der Waals surface area contributed by atoms with E-state index < -0.39 is 0 Å². The summed E-state index contributed by atoms with van der Waals surface area (Å²) in [5, 5.41) is 9.34. The lowest BCUT2D eigenvalue weighted by Gasteiger charge is -2.16. The molecular formula is C17H21NO2. The van der Waals surface area contributed by atoms with Gasteiger partial charge in [0.25, 0.3) is 0 Å². The SMILES string of the molecule is Cc1ccccc1C(=O)c1cc(C)n(C(C)CO)c1C. The monoisotopic (exact) mass is 271 g/mol. The molecule has 1 aromatic carbocycles. The molecule has 1 unspecified atom stereocenters. The summed E-state index contributed by atoms with van der Waals surface area (Å²) in [6.07, 6.45) is 0. The van der Waals surface area contributed by atoms with E-state index in [0.29, 0.717) is 0 Å². The van der Waals surface area contributed by atoms with E-state index in [1.165, 1.54) is 0 Å². The number of benzene rings is 1. The first-order valence-corrected chi connectivity index (χ1v) is 6.87. The number of hydrogen-bond donors (Lipinski definition) is 1. The molecule has 0 saturated carbocycles. The summed E-state index contributed by atoms with van der Waals surface area (Å²) >= 11 is 0. The highest BCUT2D eigenvalue weighted by Gasteiger charge is 2.20. The third-order valence-corrected chi connectivity index (χ3v) is 3.82. The van der Waals surface area contributed by atoms with E-state index in [4.69, 9.17) is 0 Å². The zero-order valence-electron chi connectivity index (χ0n) is 12.5. The van der Waals surface area contributed by atoms with Gasteiger partial charge in [-0.15, -0.1) is 0 Å². The molecule has 1 N–H and O–H groups in total. The number of carbonyl (C=O) groups is 1. The first kappa shape index (κ1) is 14.5. The Balaban J connectivity index is 2.50. The topological polar surface area (TPSA) is 42.2 Å². The van der Waals surface area contributed by atoms with Gasteiger partial charge in [0.05, 0.1) is 12.6 Å². The van der Waals surface area contributed by atoms with Gasteiger partial charge in [-0.3, -0.25) is 4.79 Å². The minimum absolute atomic E-state index is 0.0200. The van der Waals surface area contributed by atoms with Crippen molar-refractivity contribution in [2.45, 2.75) is 33.7 Å². The number of carbonyl (C=O) groups excluding carboxylic acids is 1. The van der Waals surface area contributed by atoms with Gasteiger partial charge in [0.1, 0.15) is 0 Å². The maximum absolute atomic E-state index is 12.7. The summed E-state index contributed by atoms with van der Waals surface area (Å²) in [5.41, 5.74) is 4.36. The Kier molecular flexibility index (Phi) is 4.09. The number of aryl methyl sites for hydroxylation is 2. The molecule has 0 saturated heterocycles. The van der Waals surface area contributed by atoms with Crippen molar-refractivity contribution in [2.24, 2.45) is 0 Å². The van der Waals surface area contributed by atoms with Crippen molar-refractivity contribution in [3.63, 3.8) is 0 Å². The van der Waals surface area contributed by atoms with Crippen LogP contribution in [-0.2, 0) is 0 Å². The highest BCUT2D eigenvalue weighted by atomic mass is 16.3. The van der Waals surface area contributed by atoms with Crippen molar-refractivity contribution in [3.8, 4) is 0 Å². The summed E-state index contributed by atoms with van der Waals surface area (Å²) in [4.78, 5) is 12.7. The van der Waals surface area contributed by atoms with Gasteiger partial charge >= 0.3 is 0 Å². The van der Waals surface area contributed by atoms with Crippen LogP contribution in [0.2, 0.25) is 0 Å². The average molecular weight is 271 g/mol. The third kappa shape index (κ3) is 2.41. The smallest absolute Gasteiger partial charge is 0.195 e. The normalized spacial score (nSPS) is 12.4. The molecule has 0 aliphatic heterocycles. The van der Waals surface area contributed by atoms with Crippen LogP contribution in [0.5, 0.6) is 0 Å². The summed E-state index contributed by atoms with van der Waals surface area (Å²) in [6, 6.07) is 9.52. The number of nitrogens with zero attached hydrogens (tertiary/aromatic N) is 1. The third-order valence-electron chi connectivity index (χ3n) is 3.82. The van der Waals surface area contributed by atoms with Gasteiger partial charge < -0.3 is 9.67 Å². The van der Waals surface area contributed by atoms with E-state index in [2.05, 4.69) is 0 Å². The van der Waals surface area contributed by atoms with Crippen LogP contribution in [0.3, 0.4) is 0 Å². The van der Waals surface area contributed by atoms with Crippen LogP contribution < -0.4 is 0 Å². The van der Waals surface area contributed by atoms with Gasteiger partial charge in [0, 0.05) is 22.5 Å². The van der Waals surface area contributed by atoms with E-state index >= 15 is 0 Å². The summed E-state index contributed by atoms with van der Waals surface area (Å²) in [7, 11) is 0. The Bertz CT molecular complexity index is 640. The molecule has 3 heteroatoms. The second-order valence-electron chi connectivity index (χ2n) is 5.33. The first-order valence-electron chi connectivity index (χ1n) is 6.87. The Morgan fingerprint density at radius 3 is 2.45 bits per heavy atom. The van der Waals surface area contributed by atoms with Gasteiger partial charge in [0.15, 0.2) is 5.78 Å². The van der Waals surface area contributed by atoms with Gasteiger partial charge in [-0.05, 0) is 39.3 Å². The van der Waals surface area contributed by atoms with Crippen molar-refractivity contribution in [3.05, 3.63) is 58.4 Å². The van der Waals surface area contributed by atoms with Gasteiger partial charge in [-0.2, -0.15) is 0 Å². The molecule has 20 heavy (non-hydrogen) atoms. The zero-order chi connectivity index (χ0) is 14.9. The molecule has 1 aromatic heterocycles. The lowest BCUT2D eigenvalue weighted by Crippen LogP contribution is -2.13. The van der Waals surface area contributed by atoms with Crippen LogP contribution in [0.15, 0.2) is 30.3 Å². The van der Waals surface area contributed by atoms with Crippen LogP contribution in [0.1, 0.15) is 45.8 Å². The Morgan fingerprint density at radius 2 is 1.85 bits per heavy atom. The number of aliphatic hydroxyl groups is 1. The predicted molar refractivity (Wildman–Crippen MR) is 80.3 cm³/mol. The quantitative estimate of drug-likeness (QED) is 0.868. The Hall–Kier alpha value is -1.87. The molecule has 2 rings (SSSR count). The van der Waals surface area contributed by atoms with E-state index in [0.717, 1.165) is 28.1 Å². The molecule has 1 atom stereocenters. The fourth-order valence-corrected chi connectivity index (χ4v) is 2.74. The molecule has 2 aromatic rings. The number of aliphatic hydroxyl groups excluding tert-OH is 1. The van der Waals surface area contributed by atoms with Crippen molar-refractivity contribution in [1.82, 2.24) is 4.57 Å². The van der Waals surface area contributed by atoms with Crippen LogP contribution in [0.25, 0.3) is 0 Å². The zero-order valence-corrected chi connectivity index (χ0v) is 12.5. The summed E-state index contributed by atoms with van der Waals surface area (Å²) < 4.78 is 2.02. The van der Waals surface area contributed by atoms with Crippen LogP contribution in [-0.4, -0.2) is 22.1 Å². The molecule has 106 valence electrons. The molecule has 3 nitrogen and oxygen atoms in total.